The maximum atomic E-state index is 12.2. The highest BCUT2D eigenvalue weighted by molar-refractivity contribution is 5.77. The zero-order valence-corrected chi connectivity index (χ0v) is 16.4. The maximum Gasteiger partial charge on any atom is 0.258 e. The first-order chi connectivity index (χ1) is 13.1. The Morgan fingerprint density at radius 2 is 1.85 bits per heavy atom. The number of nitrogens with zero attached hydrogens (tertiary/aromatic N) is 1. The normalized spacial score (nSPS) is 20.2. The van der Waals surface area contributed by atoms with Gasteiger partial charge in [-0.3, -0.25) is 9.69 Å². The van der Waals surface area contributed by atoms with Crippen molar-refractivity contribution < 1.29 is 9.53 Å². The summed E-state index contributed by atoms with van der Waals surface area (Å²) < 4.78 is 5.61. The molecule has 0 spiro atoms. The smallest absolute Gasteiger partial charge is 0.258 e. The predicted molar refractivity (Wildman–Crippen MR) is 109 cm³/mol. The molecule has 144 valence electrons. The molecular weight excluding hydrogens is 336 g/mol. The van der Waals surface area contributed by atoms with E-state index in [9.17, 15) is 4.79 Å². The summed E-state index contributed by atoms with van der Waals surface area (Å²) in [6.45, 7) is 6.41. The van der Waals surface area contributed by atoms with Gasteiger partial charge in [0, 0.05) is 25.2 Å². The van der Waals surface area contributed by atoms with Crippen LogP contribution in [-0.4, -0.2) is 36.0 Å². The molecule has 3 rings (SSSR count). The average Bonchev–Trinajstić information content (AvgIpc) is 2.70. The number of hydrogen-bond acceptors (Lipinski definition) is 3. The Hall–Kier alpha value is -2.33. The lowest BCUT2D eigenvalue weighted by atomic mass is 9.97. The molecule has 2 aromatic rings. The Morgan fingerprint density at radius 1 is 1.11 bits per heavy atom. The summed E-state index contributed by atoms with van der Waals surface area (Å²) in [4.78, 5) is 14.7. The Balaban J connectivity index is 1.41. The molecule has 1 heterocycles. The number of ether oxygens (including phenoxy) is 1. The second-order valence-electron chi connectivity index (χ2n) is 7.38. The summed E-state index contributed by atoms with van der Waals surface area (Å²) in [5, 5.41) is 3.14. The number of rotatable bonds is 7. The second-order valence-corrected chi connectivity index (χ2v) is 7.38. The van der Waals surface area contributed by atoms with Crippen molar-refractivity contribution in [3.63, 3.8) is 0 Å². The number of carbonyl (C=O) groups excluding carboxylic acids is 1. The number of hydrogen-bond donors (Lipinski definition) is 1. The fraction of sp³-hybridized carbons (Fsp3) is 0.435. The maximum absolute atomic E-state index is 12.2. The van der Waals surface area contributed by atoms with Crippen LogP contribution >= 0.6 is 0 Å². The quantitative estimate of drug-likeness (QED) is 0.810. The van der Waals surface area contributed by atoms with Crippen LogP contribution in [0.1, 0.15) is 37.8 Å². The van der Waals surface area contributed by atoms with E-state index in [1.54, 1.807) is 0 Å². The molecule has 4 nitrogen and oxygen atoms in total. The zero-order chi connectivity index (χ0) is 19.1. The molecule has 2 aromatic carbocycles. The molecule has 1 N–H and O–H groups in total. The predicted octanol–water partition coefficient (Wildman–Crippen LogP) is 3.80. The molecule has 0 saturated carbocycles. The number of likely N-dealkylation sites (tertiary alicyclic amines) is 1. The van der Waals surface area contributed by atoms with Crippen LogP contribution in [0.25, 0.3) is 0 Å². The van der Waals surface area contributed by atoms with E-state index in [0.29, 0.717) is 6.04 Å². The van der Waals surface area contributed by atoms with Gasteiger partial charge in [0.1, 0.15) is 5.75 Å². The molecule has 0 bridgehead atoms. The Labute approximate surface area is 162 Å². The summed E-state index contributed by atoms with van der Waals surface area (Å²) in [7, 11) is 0. The minimum absolute atomic E-state index is 0.0386. The fourth-order valence-corrected chi connectivity index (χ4v) is 3.64. The van der Waals surface area contributed by atoms with Crippen LogP contribution in [0.15, 0.2) is 54.6 Å². The lowest BCUT2D eigenvalue weighted by Crippen LogP contribution is -2.49. The van der Waals surface area contributed by atoms with Crippen LogP contribution in [-0.2, 0) is 17.8 Å². The van der Waals surface area contributed by atoms with Gasteiger partial charge in [-0.15, -0.1) is 0 Å². The van der Waals surface area contributed by atoms with E-state index in [-0.39, 0.29) is 18.6 Å². The van der Waals surface area contributed by atoms with E-state index >= 15 is 0 Å². The minimum atomic E-state index is -0.0386. The Bertz CT molecular complexity index is 715. The van der Waals surface area contributed by atoms with Crippen LogP contribution in [0.2, 0.25) is 0 Å². The molecule has 0 radical (unpaired) electrons. The van der Waals surface area contributed by atoms with Crippen molar-refractivity contribution in [3.05, 3.63) is 65.7 Å². The van der Waals surface area contributed by atoms with Crippen molar-refractivity contribution >= 4 is 5.91 Å². The summed E-state index contributed by atoms with van der Waals surface area (Å²) in [6.07, 6.45) is 2.96. The van der Waals surface area contributed by atoms with Crippen molar-refractivity contribution in [2.75, 3.05) is 13.2 Å². The molecule has 2 atom stereocenters. The standard InChI is InChI=1S/C23H30N2O2/c1-3-19-9-11-22(12-10-19)27-17-23(26)24-21-13-14-25(18(2)15-21)16-20-7-5-4-6-8-20/h4-12,18,21H,3,13-17H2,1-2H3,(H,24,26)/t18-,21+/m1/s1. The molecule has 1 saturated heterocycles. The zero-order valence-electron chi connectivity index (χ0n) is 16.4. The van der Waals surface area contributed by atoms with Crippen LogP contribution in [0.3, 0.4) is 0 Å². The number of carbonyl (C=O) groups is 1. The van der Waals surface area contributed by atoms with E-state index in [1.807, 2.05) is 24.3 Å². The highest BCUT2D eigenvalue weighted by Gasteiger charge is 2.26. The topological polar surface area (TPSA) is 41.6 Å². The fourth-order valence-electron chi connectivity index (χ4n) is 3.64. The SMILES string of the molecule is CCc1ccc(OCC(=O)N[C@H]2CCN(Cc3ccccc3)[C@H](C)C2)cc1. The summed E-state index contributed by atoms with van der Waals surface area (Å²) in [5.41, 5.74) is 2.61. The lowest BCUT2D eigenvalue weighted by Gasteiger charge is -2.38. The Morgan fingerprint density at radius 3 is 2.52 bits per heavy atom. The van der Waals surface area contributed by atoms with Gasteiger partial charge in [0.25, 0.3) is 5.91 Å². The first-order valence-electron chi connectivity index (χ1n) is 9.93. The molecule has 0 aromatic heterocycles. The van der Waals surface area contributed by atoms with Gasteiger partial charge >= 0.3 is 0 Å². The summed E-state index contributed by atoms with van der Waals surface area (Å²) >= 11 is 0. The molecule has 1 aliphatic heterocycles. The van der Waals surface area contributed by atoms with Gasteiger partial charge in [0.05, 0.1) is 0 Å². The third-order valence-corrected chi connectivity index (χ3v) is 5.31. The minimum Gasteiger partial charge on any atom is -0.484 e. The van der Waals surface area contributed by atoms with Gasteiger partial charge in [-0.25, -0.2) is 0 Å². The van der Waals surface area contributed by atoms with E-state index in [1.165, 1.54) is 11.1 Å². The van der Waals surface area contributed by atoms with Crippen molar-refractivity contribution in [1.82, 2.24) is 10.2 Å². The van der Waals surface area contributed by atoms with Crippen molar-refractivity contribution in [1.29, 1.82) is 0 Å². The van der Waals surface area contributed by atoms with Crippen LogP contribution < -0.4 is 10.1 Å². The third kappa shape index (κ3) is 5.83. The van der Waals surface area contributed by atoms with Gasteiger partial charge in [-0.05, 0) is 49.4 Å². The van der Waals surface area contributed by atoms with Crippen LogP contribution in [0.4, 0.5) is 0 Å². The summed E-state index contributed by atoms with van der Waals surface area (Å²) in [5.74, 6) is 0.705. The average molecular weight is 367 g/mol. The highest BCUT2D eigenvalue weighted by atomic mass is 16.5. The van der Waals surface area contributed by atoms with Gasteiger partial charge < -0.3 is 10.1 Å². The van der Waals surface area contributed by atoms with E-state index in [2.05, 4.69) is 54.4 Å². The van der Waals surface area contributed by atoms with E-state index in [0.717, 1.165) is 38.1 Å². The van der Waals surface area contributed by atoms with Gasteiger partial charge in [0.15, 0.2) is 6.61 Å². The molecule has 4 heteroatoms. The largest absolute Gasteiger partial charge is 0.484 e. The molecule has 0 unspecified atom stereocenters. The van der Waals surface area contributed by atoms with Crippen LogP contribution in [0.5, 0.6) is 5.75 Å². The highest BCUT2D eigenvalue weighted by Crippen LogP contribution is 2.20. The number of benzene rings is 2. The molecular formula is C23H30N2O2. The van der Waals surface area contributed by atoms with Gasteiger partial charge in [-0.1, -0.05) is 49.4 Å². The first kappa shape index (κ1) is 19.4. The van der Waals surface area contributed by atoms with E-state index < -0.39 is 0 Å². The third-order valence-electron chi connectivity index (χ3n) is 5.31. The molecule has 27 heavy (non-hydrogen) atoms. The van der Waals surface area contributed by atoms with Gasteiger partial charge in [-0.2, -0.15) is 0 Å². The first-order valence-corrected chi connectivity index (χ1v) is 9.93. The molecule has 1 amide bonds. The monoisotopic (exact) mass is 366 g/mol. The van der Waals surface area contributed by atoms with Crippen molar-refractivity contribution in [2.45, 2.75) is 51.7 Å². The number of piperidine rings is 1. The van der Waals surface area contributed by atoms with Crippen molar-refractivity contribution in [3.8, 4) is 5.75 Å². The molecule has 1 fully saturated rings. The lowest BCUT2D eigenvalue weighted by molar-refractivity contribution is -0.124. The Kier molecular flexibility index (Phi) is 6.88. The van der Waals surface area contributed by atoms with Crippen LogP contribution in [0, 0.1) is 0 Å². The van der Waals surface area contributed by atoms with E-state index in [4.69, 9.17) is 4.74 Å². The van der Waals surface area contributed by atoms with Gasteiger partial charge in [0.2, 0.25) is 0 Å². The summed E-state index contributed by atoms with van der Waals surface area (Å²) in [6, 6.07) is 19.2. The second kappa shape index (κ2) is 9.56. The number of aryl methyl sites for hydroxylation is 1. The number of nitrogens with one attached hydrogen (secondary N) is 1. The molecule has 1 aliphatic rings. The molecule has 0 aliphatic carbocycles. The van der Waals surface area contributed by atoms with Crippen molar-refractivity contribution in [2.24, 2.45) is 0 Å². The number of amides is 1.